The van der Waals surface area contributed by atoms with E-state index in [-0.39, 0.29) is 22.9 Å². The highest BCUT2D eigenvalue weighted by Crippen LogP contribution is 1.98. The Labute approximate surface area is 151 Å². The van der Waals surface area contributed by atoms with Gasteiger partial charge >= 0.3 is 0 Å². The van der Waals surface area contributed by atoms with E-state index in [1.54, 1.807) is 0 Å². The molecule has 0 bridgehead atoms. The SMILES string of the molecule is CC.CC.CC.CC.Cn1c(O)cccc1=O.O=c1cccc(O)[nH]1. The lowest BCUT2D eigenvalue weighted by Crippen LogP contribution is -2.13. The molecule has 0 aromatic carbocycles. The molecule has 25 heavy (non-hydrogen) atoms. The van der Waals surface area contributed by atoms with Crippen molar-refractivity contribution in [1.82, 2.24) is 9.55 Å². The molecule has 3 N–H and O–H groups in total. The Morgan fingerprint density at radius 2 is 1.20 bits per heavy atom. The summed E-state index contributed by atoms with van der Waals surface area (Å²) in [6.45, 7) is 16.0. The molecule has 0 spiro atoms. The zero-order valence-corrected chi connectivity index (χ0v) is 17.1. The fourth-order valence-electron chi connectivity index (χ4n) is 0.989. The van der Waals surface area contributed by atoms with E-state index in [0.29, 0.717) is 0 Å². The second kappa shape index (κ2) is 23.8. The van der Waals surface area contributed by atoms with Crippen molar-refractivity contribution in [2.24, 2.45) is 7.05 Å². The zero-order valence-electron chi connectivity index (χ0n) is 17.1. The molecule has 2 rings (SSSR count). The maximum absolute atomic E-state index is 10.6. The number of nitrogens with one attached hydrogen (secondary N) is 1. The van der Waals surface area contributed by atoms with Crippen LogP contribution in [-0.4, -0.2) is 19.8 Å². The minimum atomic E-state index is -0.287. The molecule has 2 heterocycles. The first kappa shape index (κ1) is 30.4. The molecule has 146 valence electrons. The van der Waals surface area contributed by atoms with Gasteiger partial charge in [-0.15, -0.1) is 0 Å². The number of aromatic nitrogens is 2. The van der Waals surface area contributed by atoms with Crippen molar-refractivity contribution in [1.29, 1.82) is 0 Å². The van der Waals surface area contributed by atoms with E-state index in [0.717, 1.165) is 0 Å². The summed E-state index contributed by atoms with van der Waals surface area (Å²) in [6.07, 6.45) is 0. The van der Waals surface area contributed by atoms with E-state index in [4.69, 9.17) is 10.2 Å². The first-order chi connectivity index (χ1) is 12.0. The van der Waals surface area contributed by atoms with Crippen molar-refractivity contribution < 1.29 is 10.2 Å². The molecule has 2 aromatic rings. The predicted molar refractivity (Wildman–Crippen MR) is 107 cm³/mol. The lowest BCUT2D eigenvalue weighted by atomic mass is 10.5. The summed E-state index contributed by atoms with van der Waals surface area (Å²) in [4.78, 5) is 23.1. The summed E-state index contributed by atoms with van der Waals surface area (Å²) < 4.78 is 1.17. The molecule has 2 aromatic heterocycles. The monoisotopic (exact) mass is 356 g/mol. The molecule has 0 aliphatic carbocycles. The van der Waals surface area contributed by atoms with Crippen LogP contribution < -0.4 is 11.1 Å². The van der Waals surface area contributed by atoms with Gasteiger partial charge in [0.25, 0.3) is 11.1 Å². The van der Waals surface area contributed by atoms with E-state index in [9.17, 15) is 9.59 Å². The van der Waals surface area contributed by atoms with Gasteiger partial charge in [-0.2, -0.15) is 0 Å². The van der Waals surface area contributed by atoms with Gasteiger partial charge in [0.2, 0.25) is 0 Å². The number of rotatable bonds is 0. The van der Waals surface area contributed by atoms with Crippen LogP contribution >= 0.6 is 0 Å². The summed E-state index contributed by atoms with van der Waals surface area (Å²) in [7, 11) is 1.51. The maximum atomic E-state index is 10.6. The van der Waals surface area contributed by atoms with Crippen molar-refractivity contribution in [3.8, 4) is 11.8 Å². The molecule has 0 atom stereocenters. The molecule has 0 unspecified atom stereocenters. The van der Waals surface area contributed by atoms with Crippen LogP contribution in [0.1, 0.15) is 55.4 Å². The van der Waals surface area contributed by atoms with Crippen LogP contribution in [0.15, 0.2) is 46.0 Å². The van der Waals surface area contributed by atoms with Gasteiger partial charge < -0.3 is 10.2 Å². The number of hydrogen-bond acceptors (Lipinski definition) is 4. The molecule has 6 nitrogen and oxygen atoms in total. The quantitative estimate of drug-likeness (QED) is 0.656. The third-order valence-electron chi connectivity index (χ3n) is 1.91. The van der Waals surface area contributed by atoms with Crippen molar-refractivity contribution >= 4 is 0 Å². The summed E-state index contributed by atoms with van der Waals surface area (Å²) in [5, 5.41) is 17.4. The van der Waals surface area contributed by atoms with E-state index in [1.807, 2.05) is 55.4 Å². The van der Waals surface area contributed by atoms with Crippen LogP contribution in [0.2, 0.25) is 0 Å². The number of hydrogen-bond donors (Lipinski definition) is 3. The molecular weight excluding hydrogens is 320 g/mol. The van der Waals surface area contributed by atoms with Crippen LogP contribution in [0.3, 0.4) is 0 Å². The minimum Gasteiger partial charge on any atom is -0.495 e. The third-order valence-corrected chi connectivity index (χ3v) is 1.91. The van der Waals surface area contributed by atoms with E-state index in [1.165, 1.54) is 48.0 Å². The Balaban J connectivity index is -0.000000127. The third kappa shape index (κ3) is 17.7. The van der Waals surface area contributed by atoms with E-state index >= 15 is 0 Å². The molecule has 0 saturated carbocycles. The van der Waals surface area contributed by atoms with E-state index in [2.05, 4.69) is 4.98 Å². The van der Waals surface area contributed by atoms with Gasteiger partial charge in [0.05, 0.1) is 0 Å². The minimum absolute atomic E-state index is 0.0116. The fourth-order valence-corrected chi connectivity index (χ4v) is 0.989. The van der Waals surface area contributed by atoms with Gasteiger partial charge in [0.1, 0.15) is 0 Å². The molecule has 0 amide bonds. The van der Waals surface area contributed by atoms with E-state index < -0.39 is 0 Å². The number of nitrogens with zero attached hydrogens (tertiary/aromatic N) is 1. The van der Waals surface area contributed by atoms with Crippen molar-refractivity contribution in [2.45, 2.75) is 55.4 Å². The normalized spacial score (nSPS) is 7.24. The van der Waals surface area contributed by atoms with Crippen LogP contribution in [-0.2, 0) is 7.05 Å². The smallest absolute Gasteiger partial charge is 0.253 e. The molecule has 0 saturated heterocycles. The highest BCUT2D eigenvalue weighted by atomic mass is 16.3. The second-order valence-electron chi connectivity index (χ2n) is 3.18. The largest absolute Gasteiger partial charge is 0.495 e. The summed E-state index contributed by atoms with van der Waals surface area (Å²) >= 11 is 0. The molecule has 0 aliphatic rings. The number of H-pyrrole nitrogens is 1. The van der Waals surface area contributed by atoms with Crippen LogP contribution in [0.25, 0.3) is 0 Å². The predicted octanol–water partition coefficient (Wildman–Crippen LogP) is 4.28. The number of aromatic hydroxyl groups is 2. The standard InChI is InChI=1S/C6H7NO2.C5H5NO2.4C2H6/c1-7-5(8)3-2-4-6(7)9;7-4-2-1-3-5(8)6-4;4*1-2/h2-4,8H,1H3;1-3H,(H2,6,7,8);4*1-2H3. The Kier molecular flexibility index (Phi) is 28.9. The van der Waals surface area contributed by atoms with Gasteiger partial charge in [0, 0.05) is 19.2 Å². The molecule has 0 radical (unpaired) electrons. The zero-order chi connectivity index (χ0) is 20.8. The Morgan fingerprint density at radius 1 is 0.760 bits per heavy atom. The molecule has 6 heteroatoms. The first-order valence-electron chi connectivity index (χ1n) is 8.74. The number of pyridine rings is 2. The molecule has 0 fully saturated rings. The van der Waals surface area contributed by atoms with Crippen molar-refractivity contribution in [3.05, 3.63) is 57.1 Å². The Bertz CT molecular complexity index is 605. The lowest BCUT2D eigenvalue weighted by Gasteiger charge is -1.96. The highest BCUT2D eigenvalue weighted by Gasteiger charge is 1.91. The average molecular weight is 357 g/mol. The van der Waals surface area contributed by atoms with Crippen LogP contribution in [0, 0.1) is 0 Å². The van der Waals surface area contributed by atoms with Crippen molar-refractivity contribution in [3.63, 3.8) is 0 Å². The van der Waals surface area contributed by atoms with Gasteiger partial charge in [0.15, 0.2) is 11.8 Å². The molecular formula is C19H36N2O4. The summed E-state index contributed by atoms with van der Waals surface area (Å²) in [5.41, 5.74) is -0.486. The number of aromatic amines is 1. The van der Waals surface area contributed by atoms with Gasteiger partial charge in [-0.1, -0.05) is 67.5 Å². The Hall–Kier alpha value is -2.50. The fraction of sp³-hybridized carbons (Fsp3) is 0.474. The first-order valence-corrected chi connectivity index (χ1v) is 8.74. The van der Waals surface area contributed by atoms with Gasteiger partial charge in [-0.25, -0.2) is 0 Å². The molecule has 0 aliphatic heterocycles. The van der Waals surface area contributed by atoms with Gasteiger partial charge in [-0.05, 0) is 12.1 Å². The topological polar surface area (TPSA) is 95.3 Å². The summed E-state index contributed by atoms with van der Waals surface area (Å²) in [5.74, 6) is -0.111. The lowest BCUT2D eigenvalue weighted by molar-refractivity contribution is 0.423. The maximum Gasteiger partial charge on any atom is 0.253 e. The average Bonchev–Trinajstić information content (AvgIpc) is 2.67. The highest BCUT2D eigenvalue weighted by molar-refractivity contribution is 5.09. The second-order valence-corrected chi connectivity index (χ2v) is 3.18. The van der Waals surface area contributed by atoms with Crippen LogP contribution in [0.4, 0.5) is 0 Å². The van der Waals surface area contributed by atoms with Gasteiger partial charge in [-0.3, -0.25) is 19.1 Å². The van der Waals surface area contributed by atoms with Crippen molar-refractivity contribution in [2.75, 3.05) is 0 Å². The Morgan fingerprint density at radius 3 is 1.48 bits per heavy atom. The van der Waals surface area contributed by atoms with Crippen LogP contribution in [0.5, 0.6) is 11.8 Å². The summed E-state index contributed by atoms with van der Waals surface area (Å²) in [6, 6.07) is 8.58.